The third-order valence-corrected chi connectivity index (χ3v) is 3.89. The Morgan fingerprint density at radius 1 is 1.55 bits per heavy atom. The Balaban J connectivity index is 3.07. The topological polar surface area (TPSA) is 20.2 Å². The summed E-state index contributed by atoms with van der Waals surface area (Å²) in [5.74, 6) is 0. The Hall–Kier alpha value is 0.719. The third-order valence-electron chi connectivity index (χ3n) is 1.17. The number of unbranched alkanes of at least 4 members (excludes halogenated alkanes) is 2. The van der Waals surface area contributed by atoms with E-state index in [0.29, 0.717) is 4.60 Å². The molecule has 0 aromatic carbocycles. The van der Waals surface area contributed by atoms with Crippen LogP contribution >= 0.6 is 0 Å². The van der Waals surface area contributed by atoms with E-state index in [-0.39, 0.29) is 20.9 Å². The van der Waals surface area contributed by atoms with Crippen LogP contribution < -0.4 is 0 Å². The summed E-state index contributed by atoms with van der Waals surface area (Å²) in [6.45, 7) is 2.22. The zero-order valence-electron chi connectivity index (χ0n) is 6.75. The fourth-order valence-electron chi connectivity index (χ4n) is 0.610. The fourth-order valence-corrected chi connectivity index (χ4v) is 3.45. The first-order valence-corrected chi connectivity index (χ1v) is 7.63. The molecule has 0 aliphatic heterocycles. The normalized spacial score (nSPS) is 10.6. The summed E-state index contributed by atoms with van der Waals surface area (Å²) in [6, 6.07) is 0. The van der Waals surface area contributed by atoms with Crippen molar-refractivity contribution in [2.75, 3.05) is 0 Å². The van der Waals surface area contributed by atoms with E-state index in [1.807, 2.05) is 0 Å². The molecule has 0 saturated carbocycles. The van der Waals surface area contributed by atoms with Crippen LogP contribution in [-0.2, 0) is 0 Å². The monoisotopic (exact) mass is 336 g/mol. The molecule has 3 heteroatoms. The van der Waals surface area contributed by atoms with Gasteiger partial charge in [-0.2, -0.15) is 0 Å². The van der Waals surface area contributed by atoms with E-state index in [0.717, 1.165) is 0 Å². The third kappa shape index (κ3) is 10.7. The standard InChI is InChI=1S/C8H14OSeTe/c1-2-3-4-6-11-7-5-8(9)10/h5,7H,2-4,6H2,1H3,(H,9,10). The summed E-state index contributed by atoms with van der Waals surface area (Å²) in [5.41, 5.74) is 0. The molecule has 64 valence electrons. The summed E-state index contributed by atoms with van der Waals surface area (Å²) in [5, 5.41) is 8.75. The first-order chi connectivity index (χ1) is 5.27. The molecule has 0 bridgehead atoms. The summed E-state index contributed by atoms with van der Waals surface area (Å²) in [7, 11) is 0. The number of aliphatic hydroxyl groups excluding tert-OH is 1. The van der Waals surface area contributed by atoms with Crippen LogP contribution in [0.4, 0.5) is 0 Å². The van der Waals surface area contributed by atoms with Gasteiger partial charge in [0.05, 0.1) is 0 Å². The van der Waals surface area contributed by atoms with Crippen LogP contribution in [0.5, 0.6) is 0 Å². The van der Waals surface area contributed by atoms with E-state index in [1.54, 1.807) is 6.08 Å². The molecule has 1 N–H and O–H groups in total. The second kappa shape index (κ2) is 8.81. The van der Waals surface area contributed by atoms with Crippen LogP contribution in [0.3, 0.4) is 0 Å². The van der Waals surface area contributed by atoms with E-state index >= 15 is 0 Å². The Labute approximate surface area is 86.7 Å². The van der Waals surface area contributed by atoms with Gasteiger partial charge in [-0.25, -0.2) is 0 Å². The molecule has 0 aromatic heterocycles. The molecule has 0 atom stereocenters. The molecule has 0 fully saturated rings. The van der Waals surface area contributed by atoms with Gasteiger partial charge in [-0.15, -0.1) is 0 Å². The molecule has 0 aliphatic carbocycles. The van der Waals surface area contributed by atoms with E-state index in [4.69, 9.17) is 5.11 Å². The fraction of sp³-hybridized carbons (Fsp3) is 0.625. The Kier molecular flexibility index (Phi) is 9.39. The van der Waals surface area contributed by atoms with Crippen LogP contribution in [0.25, 0.3) is 0 Å². The SMILES string of the molecule is CCCCC[Te]C=CC(O)=[Se]. The van der Waals surface area contributed by atoms with Crippen molar-refractivity contribution in [2.45, 2.75) is 30.7 Å². The molecule has 0 radical (unpaired) electrons. The maximum absolute atomic E-state index is 8.75. The first-order valence-electron chi connectivity index (χ1n) is 3.78. The van der Waals surface area contributed by atoms with Gasteiger partial charge in [-0.3, -0.25) is 0 Å². The quantitative estimate of drug-likeness (QED) is 0.577. The average Bonchev–Trinajstić information content (AvgIpc) is 1.96. The van der Waals surface area contributed by atoms with Gasteiger partial charge in [0, 0.05) is 0 Å². The minimum atomic E-state index is 0.0377. The molecule has 0 heterocycles. The molecule has 0 spiro atoms. The number of hydrogen-bond donors (Lipinski definition) is 1. The molecule has 0 aliphatic rings. The molecule has 0 unspecified atom stereocenters. The van der Waals surface area contributed by atoms with Gasteiger partial charge in [0.25, 0.3) is 0 Å². The van der Waals surface area contributed by atoms with Crippen LogP contribution in [0, 0.1) is 0 Å². The van der Waals surface area contributed by atoms with E-state index in [9.17, 15) is 0 Å². The zero-order chi connectivity index (χ0) is 8.53. The molecule has 0 amide bonds. The van der Waals surface area contributed by atoms with Gasteiger partial charge >= 0.3 is 87.1 Å². The predicted octanol–water partition coefficient (Wildman–Crippen LogP) is 1.48. The average molecular weight is 333 g/mol. The molecule has 1 nitrogen and oxygen atoms in total. The zero-order valence-corrected chi connectivity index (χ0v) is 10.8. The number of hydrogen-bond acceptors (Lipinski definition) is 1. The maximum atomic E-state index is 8.75. The van der Waals surface area contributed by atoms with E-state index in [1.165, 1.54) is 23.7 Å². The molecule has 0 aromatic rings. The number of aliphatic hydroxyl groups is 1. The van der Waals surface area contributed by atoms with Crippen molar-refractivity contribution in [1.29, 1.82) is 0 Å². The summed E-state index contributed by atoms with van der Waals surface area (Å²) < 4.78 is 3.81. The van der Waals surface area contributed by atoms with Crippen LogP contribution in [0.1, 0.15) is 26.2 Å². The van der Waals surface area contributed by atoms with Gasteiger partial charge in [0.1, 0.15) is 0 Å². The minimum absolute atomic E-state index is 0.0377. The summed E-state index contributed by atoms with van der Waals surface area (Å²) in [4.78, 5) is 0. The summed E-state index contributed by atoms with van der Waals surface area (Å²) >= 11 is 2.59. The predicted molar refractivity (Wildman–Crippen MR) is 51.9 cm³/mol. The van der Waals surface area contributed by atoms with Gasteiger partial charge in [0.15, 0.2) is 0 Å². The van der Waals surface area contributed by atoms with Gasteiger partial charge in [-0.05, 0) is 0 Å². The Bertz CT molecular complexity index is 134. The number of rotatable bonds is 6. The molecular weight excluding hydrogens is 319 g/mol. The van der Waals surface area contributed by atoms with Crippen molar-refractivity contribution < 1.29 is 5.11 Å². The van der Waals surface area contributed by atoms with Crippen molar-refractivity contribution in [3.8, 4) is 0 Å². The van der Waals surface area contributed by atoms with Gasteiger partial charge in [-0.1, -0.05) is 0 Å². The van der Waals surface area contributed by atoms with Crippen molar-refractivity contribution in [3.05, 3.63) is 10.2 Å². The van der Waals surface area contributed by atoms with Crippen LogP contribution in [-0.4, -0.2) is 46.2 Å². The Morgan fingerprint density at radius 2 is 2.27 bits per heavy atom. The molecule has 0 saturated heterocycles. The van der Waals surface area contributed by atoms with Crippen molar-refractivity contribution in [1.82, 2.24) is 0 Å². The first kappa shape index (κ1) is 11.7. The Morgan fingerprint density at radius 3 is 2.82 bits per heavy atom. The van der Waals surface area contributed by atoms with Crippen molar-refractivity contribution in [3.63, 3.8) is 0 Å². The molecule has 11 heavy (non-hydrogen) atoms. The van der Waals surface area contributed by atoms with E-state index < -0.39 is 0 Å². The van der Waals surface area contributed by atoms with E-state index in [2.05, 4.69) is 26.6 Å². The second-order valence-electron chi connectivity index (χ2n) is 2.22. The van der Waals surface area contributed by atoms with Crippen molar-refractivity contribution >= 4 is 41.1 Å². The van der Waals surface area contributed by atoms with Crippen LogP contribution in [0.2, 0.25) is 4.47 Å². The van der Waals surface area contributed by atoms with Crippen molar-refractivity contribution in [2.24, 2.45) is 0 Å². The van der Waals surface area contributed by atoms with Gasteiger partial charge < -0.3 is 0 Å². The molecular formula is C8H14OSeTe. The second-order valence-corrected chi connectivity index (χ2v) is 5.99. The van der Waals surface area contributed by atoms with Crippen LogP contribution in [0.15, 0.2) is 10.2 Å². The van der Waals surface area contributed by atoms with Gasteiger partial charge in [0.2, 0.25) is 0 Å². The molecule has 0 rings (SSSR count). The summed E-state index contributed by atoms with van der Waals surface area (Å²) in [6.07, 6.45) is 5.79.